The zero-order valence-corrected chi connectivity index (χ0v) is 15.3. The van der Waals surface area contributed by atoms with E-state index in [4.69, 9.17) is 10.5 Å². The number of nitrogens with zero attached hydrogens (tertiary/aromatic N) is 3. The van der Waals surface area contributed by atoms with Gasteiger partial charge in [0.25, 0.3) is 5.91 Å². The summed E-state index contributed by atoms with van der Waals surface area (Å²) in [5.41, 5.74) is 6.78. The molecule has 1 aliphatic heterocycles. The topological polar surface area (TPSA) is 94.6 Å². The molecule has 0 bridgehead atoms. The summed E-state index contributed by atoms with van der Waals surface area (Å²) in [6, 6.07) is 9.81. The van der Waals surface area contributed by atoms with Gasteiger partial charge in [0, 0.05) is 52.0 Å². The van der Waals surface area contributed by atoms with E-state index in [9.17, 15) is 10.1 Å². The summed E-state index contributed by atoms with van der Waals surface area (Å²) in [5.74, 6) is 0.620. The van der Waals surface area contributed by atoms with Crippen molar-refractivity contribution in [3.63, 3.8) is 0 Å². The second-order valence-electron chi connectivity index (χ2n) is 6.11. The lowest BCUT2D eigenvalue weighted by molar-refractivity contribution is -0.128. The van der Waals surface area contributed by atoms with Crippen molar-refractivity contribution in [2.45, 2.75) is 6.42 Å². The van der Waals surface area contributed by atoms with Gasteiger partial charge in [-0.3, -0.25) is 9.69 Å². The number of carbonyl (C=O) groups excluding carboxylic acids is 1. The number of piperazine rings is 1. The van der Waals surface area contributed by atoms with Crippen molar-refractivity contribution in [2.24, 2.45) is 5.73 Å². The SMILES string of the molecule is COc1ccccc1CCN/C=C(/C#N)C(=O)N1CCN(CCN)CC1. The number of carbonyl (C=O) groups is 1. The summed E-state index contributed by atoms with van der Waals surface area (Å²) < 4.78 is 5.32. The Morgan fingerprint density at radius 3 is 2.73 bits per heavy atom. The molecule has 1 aliphatic rings. The van der Waals surface area contributed by atoms with Crippen LogP contribution in [0.4, 0.5) is 0 Å². The van der Waals surface area contributed by atoms with Crippen LogP contribution in [0.25, 0.3) is 0 Å². The molecule has 0 unspecified atom stereocenters. The number of amides is 1. The molecule has 0 atom stereocenters. The molecule has 26 heavy (non-hydrogen) atoms. The van der Waals surface area contributed by atoms with Crippen LogP contribution >= 0.6 is 0 Å². The predicted molar refractivity (Wildman–Crippen MR) is 100 cm³/mol. The Bertz CT molecular complexity index is 660. The minimum absolute atomic E-state index is 0.136. The first-order valence-corrected chi connectivity index (χ1v) is 8.86. The van der Waals surface area contributed by atoms with Gasteiger partial charge in [-0.25, -0.2) is 0 Å². The molecular formula is C19H27N5O2. The van der Waals surface area contributed by atoms with Crippen LogP contribution in [0.3, 0.4) is 0 Å². The largest absolute Gasteiger partial charge is 0.496 e. The van der Waals surface area contributed by atoms with Crippen LogP contribution in [0, 0.1) is 11.3 Å². The maximum atomic E-state index is 12.5. The summed E-state index contributed by atoms with van der Waals surface area (Å²) in [4.78, 5) is 16.4. The van der Waals surface area contributed by atoms with Crippen molar-refractivity contribution >= 4 is 5.91 Å². The van der Waals surface area contributed by atoms with E-state index in [0.717, 1.165) is 37.4 Å². The van der Waals surface area contributed by atoms with Crippen LogP contribution in [0.2, 0.25) is 0 Å². The van der Waals surface area contributed by atoms with Gasteiger partial charge in [0.05, 0.1) is 7.11 Å². The molecular weight excluding hydrogens is 330 g/mol. The Hall–Kier alpha value is -2.56. The molecule has 1 fully saturated rings. The zero-order valence-electron chi connectivity index (χ0n) is 15.3. The first-order valence-electron chi connectivity index (χ1n) is 8.86. The highest BCUT2D eigenvalue weighted by molar-refractivity contribution is 5.97. The summed E-state index contributed by atoms with van der Waals surface area (Å²) in [7, 11) is 1.64. The van der Waals surface area contributed by atoms with Crippen LogP contribution < -0.4 is 15.8 Å². The summed E-state index contributed by atoms with van der Waals surface area (Å²) in [5, 5.41) is 12.4. The van der Waals surface area contributed by atoms with Crippen LogP contribution in [-0.2, 0) is 11.2 Å². The Morgan fingerprint density at radius 2 is 2.08 bits per heavy atom. The molecule has 0 aromatic heterocycles. The number of nitrogens with two attached hydrogens (primary N) is 1. The number of para-hydroxylation sites is 1. The lowest BCUT2D eigenvalue weighted by Crippen LogP contribution is -2.50. The maximum absolute atomic E-state index is 12.5. The van der Waals surface area contributed by atoms with Crippen molar-refractivity contribution in [1.29, 1.82) is 5.26 Å². The highest BCUT2D eigenvalue weighted by Gasteiger charge is 2.23. The number of hydrogen-bond acceptors (Lipinski definition) is 6. The molecule has 1 aromatic carbocycles. The van der Waals surface area contributed by atoms with E-state index in [1.165, 1.54) is 6.20 Å². The molecule has 3 N–H and O–H groups in total. The lowest BCUT2D eigenvalue weighted by atomic mass is 10.1. The van der Waals surface area contributed by atoms with E-state index in [-0.39, 0.29) is 11.5 Å². The number of hydrogen-bond donors (Lipinski definition) is 2. The first kappa shape index (κ1) is 19.8. The van der Waals surface area contributed by atoms with Crippen molar-refractivity contribution in [3.8, 4) is 11.8 Å². The highest BCUT2D eigenvalue weighted by atomic mass is 16.5. The molecule has 7 heteroatoms. The van der Waals surface area contributed by atoms with Gasteiger partial charge in [-0.05, 0) is 18.1 Å². The fourth-order valence-corrected chi connectivity index (χ4v) is 2.96. The molecule has 0 aliphatic carbocycles. The molecule has 1 heterocycles. The number of benzene rings is 1. The second kappa shape index (κ2) is 10.4. The van der Waals surface area contributed by atoms with Crippen molar-refractivity contribution in [1.82, 2.24) is 15.1 Å². The van der Waals surface area contributed by atoms with Crippen molar-refractivity contribution in [3.05, 3.63) is 41.6 Å². The van der Waals surface area contributed by atoms with Gasteiger partial charge in [0.2, 0.25) is 0 Å². The quantitative estimate of drug-likeness (QED) is 0.396. The number of methoxy groups -OCH3 is 1. The number of nitrogens with one attached hydrogen (secondary N) is 1. The molecule has 1 saturated heterocycles. The van der Waals surface area contributed by atoms with Gasteiger partial charge in [-0.15, -0.1) is 0 Å². The average Bonchev–Trinajstić information content (AvgIpc) is 2.69. The van der Waals surface area contributed by atoms with Gasteiger partial charge < -0.3 is 20.7 Å². The molecule has 7 nitrogen and oxygen atoms in total. The molecule has 1 aromatic rings. The summed E-state index contributed by atoms with van der Waals surface area (Å²) >= 11 is 0. The van der Waals surface area contributed by atoms with E-state index in [0.29, 0.717) is 26.2 Å². The van der Waals surface area contributed by atoms with Gasteiger partial charge in [0.15, 0.2) is 0 Å². The predicted octanol–water partition coefficient (Wildman–Crippen LogP) is 0.338. The Balaban J connectivity index is 1.84. The normalized spacial score (nSPS) is 15.4. The van der Waals surface area contributed by atoms with Crippen molar-refractivity contribution in [2.75, 3.05) is 52.9 Å². The third kappa shape index (κ3) is 5.48. The molecule has 2 rings (SSSR count). The van der Waals surface area contributed by atoms with Crippen LogP contribution in [0.15, 0.2) is 36.0 Å². The van der Waals surface area contributed by atoms with Crippen LogP contribution in [-0.4, -0.2) is 68.6 Å². The van der Waals surface area contributed by atoms with Crippen LogP contribution in [0.5, 0.6) is 5.75 Å². The Kier molecular flexibility index (Phi) is 7.93. The number of nitriles is 1. The smallest absolute Gasteiger partial charge is 0.266 e. The maximum Gasteiger partial charge on any atom is 0.266 e. The average molecular weight is 357 g/mol. The molecule has 140 valence electrons. The van der Waals surface area contributed by atoms with E-state index in [1.54, 1.807) is 12.0 Å². The zero-order chi connectivity index (χ0) is 18.8. The fourth-order valence-electron chi connectivity index (χ4n) is 2.96. The molecule has 0 spiro atoms. The third-order valence-electron chi connectivity index (χ3n) is 4.43. The van der Waals surface area contributed by atoms with E-state index in [1.807, 2.05) is 30.3 Å². The first-order chi connectivity index (χ1) is 12.7. The summed E-state index contributed by atoms with van der Waals surface area (Å²) in [6.45, 7) is 4.91. The van der Waals surface area contributed by atoms with E-state index in [2.05, 4.69) is 10.2 Å². The molecule has 0 saturated carbocycles. The van der Waals surface area contributed by atoms with E-state index >= 15 is 0 Å². The third-order valence-corrected chi connectivity index (χ3v) is 4.43. The number of ether oxygens (including phenoxy) is 1. The monoisotopic (exact) mass is 357 g/mol. The molecule has 0 radical (unpaired) electrons. The minimum Gasteiger partial charge on any atom is -0.496 e. The van der Waals surface area contributed by atoms with E-state index < -0.39 is 0 Å². The minimum atomic E-state index is -0.218. The van der Waals surface area contributed by atoms with Gasteiger partial charge in [-0.2, -0.15) is 5.26 Å². The number of rotatable bonds is 8. The van der Waals surface area contributed by atoms with Crippen LogP contribution in [0.1, 0.15) is 5.56 Å². The second-order valence-corrected chi connectivity index (χ2v) is 6.11. The Labute approximate surface area is 155 Å². The van der Waals surface area contributed by atoms with Gasteiger partial charge in [0.1, 0.15) is 17.4 Å². The fraction of sp³-hybridized carbons (Fsp3) is 0.474. The molecule has 1 amide bonds. The summed E-state index contributed by atoms with van der Waals surface area (Å²) in [6.07, 6.45) is 2.26. The lowest BCUT2D eigenvalue weighted by Gasteiger charge is -2.34. The van der Waals surface area contributed by atoms with Gasteiger partial charge in [-0.1, -0.05) is 18.2 Å². The highest BCUT2D eigenvalue weighted by Crippen LogP contribution is 2.17. The van der Waals surface area contributed by atoms with Gasteiger partial charge >= 0.3 is 0 Å². The Morgan fingerprint density at radius 1 is 1.35 bits per heavy atom. The van der Waals surface area contributed by atoms with Crippen molar-refractivity contribution < 1.29 is 9.53 Å². The standard InChI is InChI=1S/C19H27N5O2/c1-26-18-5-3-2-4-16(18)6-8-22-15-17(14-21)19(25)24-12-10-23(9-7-20)11-13-24/h2-5,15,22H,6-13,20H2,1H3/b17-15-.